The zero-order valence-electron chi connectivity index (χ0n) is 13.2. The summed E-state index contributed by atoms with van der Waals surface area (Å²) >= 11 is 3.49. The molecule has 0 aliphatic carbocycles. The van der Waals surface area contributed by atoms with Crippen LogP contribution < -0.4 is 10.6 Å². The quantitative estimate of drug-likeness (QED) is 0.558. The number of amides is 2. The summed E-state index contributed by atoms with van der Waals surface area (Å²) in [4.78, 5) is 27.6. The fraction of sp³-hybridized carbons (Fsp3) is 0.118. The van der Waals surface area contributed by atoms with Crippen molar-refractivity contribution in [2.45, 2.75) is 13.5 Å². The minimum absolute atomic E-state index is 0.118. The van der Waals surface area contributed by atoms with Gasteiger partial charge in [-0.3, -0.25) is 14.9 Å². The highest BCUT2D eigenvalue weighted by atomic mass is 127. The Hall–Kier alpha value is -2.20. The van der Waals surface area contributed by atoms with E-state index >= 15 is 0 Å². The van der Waals surface area contributed by atoms with E-state index in [4.69, 9.17) is 4.42 Å². The molecular formula is C17H14IN3O3S. The number of halogens is 1. The van der Waals surface area contributed by atoms with E-state index in [0.717, 1.165) is 3.57 Å². The van der Waals surface area contributed by atoms with Crippen molar-refractivity contribution in [1.82, 2.24) is 10.3 Å². The molecular weight excluding hydrogens is 453 g/mol. The number of carbonyl (C=O) groups excluding carboxylic acids is 2. The Bertz CT molecular complexity index is 919. The molecule has 6 nitrogen and oxygen atoms in total. The van der Waals surface area contributed by atoms with Crippen LogP contribution in [0.1, 0.15) is 23.0 Å². The van der Waals surface area contributed by atoms with Gasteiger partial charge in [-0.05, 0) is 52.9 Å². The maximum atomic E-state index is 12.3. The van der Waals surface area contributed by atoms with E-state index in [-0.39, 0.29) is 11.8 Å². The normalized spacial score (nSPS) is 10.5. The average molecular weight is 467 g/mol. The van der Waals surface area contributed by atoms with Crippen LogP contribution in [-0.2, 0) is 11.3 Å². The van der Waals surface area contributed by atoms with Crippen molar-refractivity contribution in [3.63, 3.8) is 0 Å². The number of carbonyl (C=O) groups is 2. The number of rotatable bonds is 5. The van der Waals surface area contributed by atoms with Crippen molar-refractivity contribution < 1.29 is 14.0 Å². The third-order valence-corrected chi connectivity index (χ3v) is 4.67. The predicted molar refractivity (Wildman–Crippen MR) is 104 cm³/mol. The summed E-state index contributed by atoms with van der Waals surface area (Å²) in [7, 11) is 0. The van der Waals surface area contributed by atoms with Gasteiger partial charge < -0.3 is 9.73 Å². The first-order valence-electron chi connectivity index (χ1n) is 7.37. The van der Waals surface area contributed by atoms with Gasteiger partial charge in [-0.15, -0.1) is 11.3 Å². The lowest BCUT2D eigenvalue weighted by atomic mass is 10.2. The van der Waals surface area contributed by atoms with E-state index in [1.165, 1.54) is 18.3 Å². The number of furan rings is 1. The Kier molecular flexibility index (Phi) is 5.49. The van der Waals surface area contributed by atoms with Crippen LogP contribution >= 0.6 is 33.9 Å². The molecule has 2 N–H and O–H groups in total. The Morgan fingerprint density at radius 3 is 2.88 bits per heavy atom. The van der Waals surface area contributed by atoms with Crippen LogP contribution in [0.4, 0.5) is 5.13 Å². The predicted octanol–water partition coefficient (Wildman–Crippen LogP) is 3.90. The fourth-order valence-corrected chi connectivity index (χ4v) is 3.30. The van der Waals surface area contributed by atoms with Crippen molar-refractivity contribution in [1.29, 1.82) is 0 Å². The first kappa shape index (κ1) is 17.6. The topological polar surface area (TPSA) is 84.2 Å². The number of hydrogen-bond donors (Lipinski definition) is 2. The molecule has 2 aromatic heterocycles. The molecule has 0 aliphatic heterocycles. The maximum Gasteiger partial charge on any atom is 0.257 e. The number of aromatic nitrogens is 1. The first-order chi connectivity index (χ1) is 12.0. The summed E-state index contributed by atoms with van der Waals surface area (Å²) in [6.45, 7) is 1.78. The zero-order chi connectivity index (χ0) is 17.8. The summed E-state index contributed by atoms with van der Waals surface area (Å²) in [5.41, 5.74) is 1.22. The molecule has 0 atom stereocenters. The van der Waals surface area contributed by atoms with Crippen molar-refractivity contribution in [2.24, 2.45) is 0 Å². The smallest absolute Gasteiger partial charge is 0.257 e. The van der Waals surface area contributed by atoms with Gasteiger partial charge in [-0.1, -0.05) is 6.07 Å². The number of benzene rings is 1. The third-order valence-electron chi connectivity index (χ3n) is 3.24. The minimum atomic E-state index is -0.204. The lowest BCUT2D eigenvalue weighted by Crippen LogP contribution is -2.18. The Morgan fingerprint density at radius 2 is 2.12 bits per heavy atom. The molecule has 0 radical (unpaired) electrons. The number of nitrogens with zero attached hydrogens (tertiary/aromatic N) is 1. The molecule has 0 saturated carbocycles. The van der Waals surface area contributed by atoms with Gasteiger partial charge in [0.05, 0.1) is 6.54 Å². The van der Waals surface area contributed by atoms with Gasteiger partial charge in [0.25, 0.3) is 5.91 Å². The average Bonchev–Trinajstić information content (AvgIpc) is 3.22. The van der Waals surface area contributed by atoms with Crippen LogP contribution in [-0.4, -0.2) is 16.8 Å². The van der Waals surface area contributed by atoms with Gasteiger partial charge >= 0.3 is 0 Å². The van der Waals surface area contributed by atoms with E-state index in [0.29, 0.717) is 34.5 Å². The van der Waals surface area contributed by atoms with Crippen LogP contribution in [0.5, 0.6) is 0 Å². The highest BCUT2D eigenvalue weighted by molar-refractivity contribution is 14.1. The summed E-state index contributed by atoms with van der Waals surface area (Å²) in [5.74, 6) is 0.909. The molecule has 128 valence electrons. The van der Waals surface area contributed by atoms with Crippen molar-refractivity contribution in [3.05, 3.63) is 56.7 Å². The molecule has 2 heterocycles. The van der Waals surface area contributed by atoms with E-state index < -0.39 is 0 Å². The SMILES string of the molecule is CC(=O)NCc1ccc(-c2csc(NC(=O)c3cccc(I)c3)n2)o1. The van der Waals surface area contributed by atoms with E-state index in [9.17, 15) is 9.59 Å². The van der Waals surface area contributed by atoms with Gasteiger partial charge in [0.2, 0.25) is 5.91 Å². The second-order valence-corrected chi connectivity index (χ2v) is 7.28. The van der Waals surface area contributed by atoms with Crippen LogP contribution in [0.15, 0.2) is 46.2 Å². The van der Waals surface area contributed by atoms with Crippen molar-refractivity contribution in [2.75, 3.05) is 5.32 Å². The van der Waals surface area contributed by atoms with Crippen molar-refractivity contribution in [3.8, 4) is 11.5 Å². The Balaban J connectivity index is 1.68. The van der Waals surface area contributed by atoms with Gasteiger partial charge in [-0.2, -0.15) is 0 Å². The molecule has 0 spiro atoms. The second kappa shape index (κ2) is 7.79. The lowest BCUT2D eigenvalue weighted by Gasteiger charge is -2.01. The van der Waals surface area contributed by atoms with Crippen LogP contribution in [0.2, 0.25) is 0 Å². The molecule has 1 aromatic carbocycles. The highest BCUT2D eigenvalue weighted by Crippen LogP contribution is 2.27. The summed E-state index contributed by atoms with van der Waals surface area (Å²) in [6, 6.07) is 10.9. The van der Waals surface area contributed by atoms with Crippen LogP contribution in [0.3, 0.4) is 0 Å². The largest absolute Gasteiger partial charge is 0.458 e. The highest BCUT2D eigenvalue weighted by Gasteiger charge is 2.12. The van der Waals surface area contributed by atoms with E-state index in [1.807, 2.05) is 23.6 Å². The standard InChI is InChI=1S/C17H14IN3O3S/c1-10(22)19-8-13-5-6-15(24-13)14-9-25-17(20-14)21-16(23)11-3-2-4-12(18)7-11/h2-7,9H,8H2,1H3,(H,19,22)(H,20,21,23). The Morgan fingerprint density at radius 1 is 1.28 bits per heavy atom. The Labute approximate surface area is 161 Å². The van der Waals surface area contributed by atoms with Gasteiger partial charge in [0, 0.05) is 21.4 Å². The molecule has 3 aromatic rings. The molecule has 0 saturated heterocycles. The molecule has 0 bridgehead atoms. The summed E-state index contributed by atoms with van der Waals surface area (Å²) < 4.78 is 6.65. The molecule has 0 fully saturated rings. The minimum Gasteiger partial charge on any atom is -0.458 e. The lowest BCUT2D eigenvalue weighted by molar-refractivity contribution is -0.119. The number of nitrogens with one attached hydrogen (secondary N) is 2. The third kappa shape index (κ3) is 4.67. The monoisotopic (exact) mass is 467 g/mol. The van der Waals surface area contributed by atoms with Gasteiger partial charge in [0.1, 0.15) is 11.5 Å². The second-order valence-electron chi connectivity index (χ2n) is 5.18. The van der Waals surface area contributed by atoms with E-state index in [2.05, 4.69) is 38.2 Å². The molecule has 2 amide bonds. The first-order valence-corrected chi connectivity index (χ1v) is 9.33. The number of thiazole rings is 1. The molecule has 3 rings (SSSR count). The zero-order valence-corrected chi connectivity index (χ0v) is 16.2. The number of anilines is 1. The van der Waals surface area contributed by atoms with Crippen molar-refractivity contribution >= 4 is 50.9 Å². The van der Waals surface area contributed by atoms with Crippen LogP contribution in [0, 0.1) is 3.57 Å². The summed E-state index contributed by atoms with van der Waals surface area (Å²) in [5, 5.41) is 7.77. The molecule has 8 heteroatoms. The van der Waals surface area contributed by atoms with Gasteiger partial charge in [0.15, 0.2) is 10.9 Å². The van der Waals surface area contributed by atoms with E-state index in [1.54, 1.807) is 18.2 Å². The van der Waals surface area contributed by atoms with Gasteiger partial charge in [-0.25, -0.2) is 4.98 Å². The maximum absolute atomic E-state index is 12.3. The van der Waals surface area contributed by atoms with Crippen LogP contribution in [0.25, 0.3) is 11.5 Å². The molecule has 25 heavy (non-hydrogen) atoms. The molecule has 0 unspecified atom stereocenters. The molecule has 0 aliphatic rings. The fourth-order valence-electron chi connectivity index (χ4n) is 2.07. The summed E-state index contributed by atoms with van der Waals surface area (Å²) in [6.07, 6.45) is 0. The number of hydrogen-bond acceptors (Lipinski definition) is 5.